The summed E-state index contributed by atoms with van der Waals surface area (Å²) in [6.45, 7) is 3.86. The van der Waals surface area contributed by atoms with Gasteiger partial charge in [-0.05, 0) is 25.0 Å². The fourth-order valence-corrected chi connectivity index (χ4v) is 4.32. The molecular formula is C21H20FN7O3. The van der Waals surface area contributed by atoms with Crippen LogP contribution in [-0.4, -0.2) is 58.5 Å². The number of aromatic nitrogens is 6. The average molecular weight is 437 g/mol. The summed E-state index contributed by atoms with van der Waals surface area (Å²) in [6, 6.07) is 3.99. The summed E-state index contributed by atoms with van der Waals surface area (Å²) in [6.07, 6.45) is 4.04. The Labute approximate surface area is 180 Å². The molecule has 4 aromatic rings. The number of carbonyl (C=O) groups is 2. The average Bonchev–Trinajstić information content (AvgIpc) is 3.30. The highest BCUT2D eigenvalue weighted by atomic mass is 19.1. The third kappa shape index (κ3) is 3.08. The number of imidazole rings is 2. The number of rotatable bonds is 2. The van der Waals surface area contributed by atoms with Gasteiger partial charge in [-0.3, -0.25) is 18.7 Å². The predicted molar refractivity (Wildman–Crippen MR) is 113 cm³/mol. The van der Waals surface area contributed by atoms with Crippen molar-refractivity contribution in [3.63, 3.8) is 0 Å². The Bertz CT molecular complexity index is 1440. The summed E-state index contributed by atoms with van der Waals surface area (Å²) in [5, 5.41) is 0. The van der Waals surface area contributed by atoms with Crippen molar-refractivity contribution in [3.8, 4) is 5.95 Å². The van der Waals surface area contributed by atoms with Gasteiger partial charge in [0.05, 0.1) is 17.2 Å². The van der Waals surface area contributed by atoms with Gasteiger partial charge in [-0.15, -0.1) is 0 Å². The third-order valence-electron chi connectivity index (χ3n) is 5.92. The number of likely N-dealkylation sites (tertiary alicyclic amines) is 1. The van der Waals surface area contributed by atoms with Crippen LogP contribution in [0.2, 0.25) is 0 Å². The number of nitrogens with zero attached hydrogens (tertiary/aromatic N) is 7. The van der Waals surface area contributed by atoms with E-state index < -0.39 is 17.4 Å². The van der Waals surface area contributed by atoms with Gasteiger partial charge in [-0.2, -0.15) is 4.98 Å². The van der Waals surface area contributed by atoms with E-state index in [4.69, 9.17) is 0 Å². The first-order valence-corrected chi connectivity index (χ1v) is 10.2. The molecule has 0 saturated carbocycles. The molecule has 1 saturated heterocycles. The van der Waals surface area contributed by atoms with Crippen molar-refractivity contribution in [2.45, 2.75) is 32.7 Å². The number of benzene rings is 1. The van der Waals surface area contributed by atoms with Crippen molar-refractivity contribution >= 4 is 34.0 Å². The van der Waals surface area contributed by atoms with Gasteiger partial charge in [0.15, 0.2) is 5.65 Å². The van der Waals surface area contributed by atoms with Crippen molar-refractivity contribution in [3.05, 3.63) is 47.0 Å². The number of piperidine rings is 1. The molecule has 1 amide bonds. The molecule has 1 aromatic carbocycles. The lowest BCUT2D eigenvalue weighted by Gasteiger charge is -2.31. The Morgan fingerprint density at radius 1 is 1.06 bits per heavy atom. The Morgan fingerprint density at radius 2 is 1.81 bits per heavy atom. The lowest BCUT2D eigenvalue weighted by Crippen LogP contribution is -2.40. The summed E-state index contributed by atoms with van der Waals surface area (Å²) in [7, 11) is 0. The zero-order valence-corrected chi connectivity index (χ0v) is 17.5. The first-order valence-electron chi connectivity index (χ1n) is 10.2. The molecule has 4 heterocycles. The summed E-state index contributed by atoms with van der Waals surface area (Å²) in [5.74, 6) is -0.657. The number of halogens is 1. The van der Waals surface area contributed by atoms with Crippen molar-refractivity contribution in [2.75, 3.05) is 13.1 Å². The molecule has 11 heteroatoms. The summed E-state index contributed by atoms with van der Waals surface area (Å²) >= 11 is 0. The van der Waals surface area contributed by atoms with Gasteiger partial charge in [0.1, 0.15) is 17.7 Å². The van der Waals surface area contributed by atoms with Gasteiger partial charge < -0.3 is 4.90 Å². The van der Waals surface area contributed by atoms with Gasteiger partial charge in [0, 0.05) is 39.0 Å². The highest BCUT2D eigenvalue weighted by molar-refractivity contribution is 5.87. The molecule has 0 radical (unpaired) electrons. The largest absolute Gasteiger partial charge is 0.343 e. The Hall–Kier alpha value is -3.89. The summed E-state index contributed by atoms with van der Waals surface area (Å²) in [4.78, 5) is 52.0. The lowest BCUT2D eigenvalue weighted by molar-refractivity contribution is -0.130. The van der Waals surface area contributed by atoms with E-state index in [1.807, 2.05) is 0 Å². The maximum atomic E-state index is 13.8. The van der Waals surface area contributed by atoms with Crippen molar-refractivity contribution in [1.82, 2.24) is 33.6 Å². The topological polar surface area (TPSA) is 108 Å². The van der Waals surface area contributed by atoms with Crippen LogP contribution in [-0.2, 0) is 4.79 Å². The Morgan fingerprint density at radius 3 is 2.50 bits per heavy atom. The molecule has 1 aliphatic heterocycles. The van der Waals surface area contributed by atoms with Crippen molar-refractivity contribution < 1.29 is 14.0 Å². The fraction of sp³-hybridized carbons (Fsp3) is 0.333. The monoisotopic (exact) mass is 437 g/mol. The van der Waals surface area contributed by atoms with Crippen LogP contribution < -0.4 is 5.69 Å². The van der Waals surface area contributed by atoms with Gasteiger partial charge in [0.25, 0.3) is 0 Å². The molecule has 164 valence electrons. The predicted octanol–water partition coefficient (Wildman–Crippen LogP) is 1.91. The minimum atomic E-state index is -0.484. The minimum Gasteiger partial charge on any atom is -0.343 e. The van der Waals surface area contributed by atoms with E-state index in [1.54, 1.807) is 11.0 Å². The van der Waals surface area contributed by atoms with Crippen LogP contribution in [0.15, 0.2) is 35.5 Å². The summed E-state index contributed by atoms with van der Waals surface area (Å²) < 4.78 is 17.9. The zero-order valence-electron chi connectivity index (χ0n) is 17.5. The standard InChI is InChI=1S/C21H20FN7O3/c1-12(30)26-7-5-15(6-8-26)29-19-18(28(13(2)31)21(29)32)10-23-20(25-19)27-11-24-16-4-3-14(22)9-17(16)27/h3-4,9-11,15H,5-8H2,1-2H3. The second-order valence-corrected chi connectivity index (χ2v) is 7.87. The Balaban J connectivity index is 1.67. The number of hydrogen-bond donors (Lipinski definition) is 0. The SMILES string of the molecule is CC(=O)N1CCC(n2c(=O)n(C(C)=O)c3cnc(-n4cnc5ccc(F)cc54)nc32)CC1. The van der Waals surface area contributed by atoms with Crippen LogP contribution in [0.3, 0.4) is 0 Å². The van der Waals surface area contributed by atoms with Crippen LogP contribution in [0.5, 0.6) is 0 Å². The molecule has 1 fully saturated rings. The van der Waals surface area contributed by atoms with Gasteiger partial charge >= 0.3 is 5.69 Å². The molecule has 0 aliphatic carbocycles. The van der Waals surface area contributed by atoms with Crippen LogP contribution in [0, 0.1) is 5.82 Å². The van der Waals surface area contributed by atoms with Gasteiger partial charge in [0.2, 0.25) is 17.8 Å². The molecule has 5 rings (SSSR count). The van der Waals surface area contributed by atoms with E-state index in [0.29, 0.717) is 48.1 Å². The smallest absolute Gasteiger partial charge is 0.337 e. The van der Waals surface area contributed by atoms with Crippen molar-refractivity contribution in [1.29, 1.82) is 0 Å². The molecule has 0 bridgehead atoms. The molecule has 10 nitrogen and oxygen atoms in total. The van der Waals surface area contributed by atoms with Gasteiger partial charge in [-0.25, -0.2) is 23.7 Å². The number of fused-ring (bicyclic) bond motifs is 2. The molecule has 0 unspecified atom stereocenters. The first kappa shape index (κ1) is 20.0. The quantitative estimate of drug-likeness (QED) is 0.474. The number of hydrogen-bond acceptors (Lipinski definition) is 6. The normalized spacial score (nSPS) is 15.0. The van der Waals surface area contributed by atoms with E-state index in [9.17, 15) is 18.8 Å². The maximum Gasteiger partial charge on any atom is 0.337 e. The molecule has 0 atom stereocenters. The van der Waals surface area contributed by atoms with E-state index in [0.717, 1.165) is 4.57 Å². The summed E-state index contributed by atoms with van der Waals surface area (Å²) in [5.41, 5.74) is 1.19. The molecule has 1 aliphatic rings. The second kappa shape index (κ2) is 7.36. The Kier molecular flexibility index (Phi) is 4.61. The highest BCUT2D eigenvalue weighted by Crippen LogP contribution is 2.26. The van der Waals surface area contributed by atoms with Crippen LogP contribution in [0.25, 0.3) is 28.1 Å². The zero-order chi connectivity index (χ0) is 22.6. The lowest BCUT2D eigenvalue weighted by atomic mass is 10.0. The number of amides is 1. The van der Waals surface area contributed by atoms with E-state index in [-0.39, 0.29) is 17.9 Å². The minimum absolute atomic E-state index is 0.00853. The molecule has 32 heavy (non-hydrogen) atoms. The van der Waals surface area contributed by atoms with Crippen molar-refractivity contribution in [2.24, 2.45) is 0 Å². The maximum absolute atomic E-state index is 13.8. The van der Waals surface area contributed by atoms with Crippen LogP contribution >= 0.6 is 0 Å². The highest BCUT2D eigenvalue weighted by Gasteiger charge is 2.28. The second-order valence-electron chi connectivity index (χ2n) is 7.87. The van der Waals surface area contributed by atoms with Crippen LogP contribution in [0.4, 0.5) is 4.39 Å². The molecule has 0 N–H and O–H groups in total. The molecule has 0 spiro atoms. The number of carbonyl (C=O) groups excluding carboxylic acids is 2. The van der Waals surface area contributed by atoms with E-state index in [2.05, 4.69) is 15.0 Å². The van der Waals surface area contributed by atoms with Gasteiger partial charge in [-0.1, -0.05) is 0 Å². The van der Waals surface area contributed by atoms with Crippen LogP contribution in [0.1, 0.15) is 37.5 Å². The third-order valence-corrected chi connectivity index (χ3v) is 5.92. The van der Waals surface area contributed by atoms with E-state index >= 15 is 0 Å². The first-order chi connectivity index (χ1) is 15.3. The molecule has 3 aromatic heterocycles. The molecular weight excluding hydrogens is 417 g/mol. The fourth-order valence-electron chi connectivity index (χ4n) is 4.32. The van der Waals surface area contributed by atoms with E-state index in [1.165, 1.54) is 47.6 Å².